The molecule has 0 saturated heterocycles. The number of anilines is 2. The number of hydrogen-bond acceptors (Lipinski definition) is 3. The summed E-state index contributed by atoms with van der Waals surface area (Å²) in [5.74, 6) is -1.39. The Morgan fingerprint density at radius 2 is 1.31 bits per heavy atom. The lowest BCUT2D eigenvalue weighted by Crippen LogP contribution is -2.17. The van der Waals surface area contributed by atoms with E-state index in [9.17, 15) is 14.7 Å². The van der Waals surface area contributed by atoms with Crippen LogP contribution in [0, 0.1) is 0 Å². The van der Waals surface area contributed by atoms with E-state index in [-0.39, 0.29) is 11.5 Å². The highest BCUT2D eigenvalue weighted by Gasteiger charge is 2.15. The second kappa shape index (κ2) is 12.6. The Balaban J connectivity index is 1.85. The van der Waals surface area contributed by atoms with Crippen LogP contribution in [0.3, 0.4) is 0 Å². The number of carboxylic acid groups (broad SMARTS) is 1. The van der Waals surface area contributed by atoms with Gasteiger partial charge in [0, 0.05) is 12.2 Å². The van der Waals surface area contributed by atoms with Crippen molar-refractivity contribution in [2.75, 3.05) is 17.2 Å². The molecular formula is C24H32N2O3. The molecule has 2 rings (SSSR count). The van der Waals surface area contributed by atoms with Gasteiger partial charge in [0.15, 0.2) is 0 Å². The Morgan fingerprint density at radius 1 is 0.759 bits per heavy atom. The largest absolute Gasteiger partial charge is 0.478 e. The average molecular weight is 397 g/mol. The molecule has 2 aromatic carbocycles. The van der Waals surface area contributed by atoms with Gasteiger partial charge in [0.2, 0.25) is 0 Å². The van der Waals surface area contributed by atoms with Crippen molar-refractivity contribution in [3.63, 3.8) is 0 Å². The summed E-state index contributed by atoms with van der Waals surface area (Å²) >= 11 is 0. The number of carbonyl (C=O) groups is 2. The van der Waals surface area contributed by atoms with Crippen molar-refractivity contribution in [3.05, 3.63) is 59.7 Å². The molecule has 2 aromatic rings. The zero-order chi connectivity index (χ0) is 20.9. The van der Waals surface area contributed by atoms with Crippen molar-refractivity contribution in [1.82, 2.24) is 0 Å². The minimum atomic E-state index is -1.07. The van der Waals surface area contributed by atoms with Crippen LogP contribution in [0.5, 0.6) is 0 Å². The molecule has 0 bridgehead atoms. The molecule has 5 heteroatoms. The topological polar surface area (TPSA) is 78.4 Å². The molecule has 3 N–H and O–H groups in total. The van der Waals surface area contributed by atoms with E-state index in [2.05, 4.69) is 17.6 Å². The highest BCUT2D eigenvalue weighted by Crippen LogP contribution is 2.20. The average Bonchev–Trinajstić information content (AvgIpc) is 2.73. The van der Waals surface area contributed by atoms with E-state index in [1.54, 1.807) is 30.3 Å². The minimum Gasteiger partial charge on any atom is -0.478 e. The van der Waals surface area contributed by atoms with Gasteiger partial charge in [-0.15, -0.1) is 0 Å². The maximum Gasteiger partial charge on any atom is 0.337 e. The van der Waals surface area contributed by atoms with Gasteiger partial charge in [0.1, 0.15) is 0 Å². The standard InChI is InChI=1S/C24H32N2O3/c1-2-3-4-5-6-7-8-13-18-25-21-16-11-9-14-19(21)23(27)26-22-17-12-10-15-20(22)24(28)29/h9-12,14-17,25H,2-8,13,18H2,1H3,(H,26,27)(H,28,29). The first-order chi connectivity index (χ1) is 14.1. The lowest BCUT2D eigenvalue weighted by atomic mass is 10.1. The van der Waals surface area contributed by atoms with Crippen LogP contribution >= 0.6 is 0 Å². The Hall–Kier alpha value is -2.82. The molecule has 0 radical (unpaired) electrons. The highest BCUT2D eigenvalue weighted by atomic mass is 16.4. The summed E-state index contributed by atoms with van der Waals surface area (Å²) in [6.45, 7) is 3.04. The molecule has 1 amide bonds. The zero-order valence-corrected chi connectivity index (χ0v) is 17.2. The molecule has 0 spiro atoms. The fraction of sp³-hybridized carbons (Fsp3) is 0.417. The van der Waals surface area contributed by atoms with Crippen molar-refractivity contribution in [3.8, 4) is 0 Å². The number of para-hydroxylation sites is 2. The van der Waals surface area contributed by atoms with Crippen molar-refractivity contribution in [2.24, 2.45) is 0 Å². The first-order valence-electron chi connectivity index (χ1n) is 10.6. The first kappa shape index (κ1) is 22.5. The van der Waals surface area contributed by atoms with E-state index in [0.29, 0.717) is 11.3 Å². The van der Waals surface area contributed by atoms with Crippen molar-refractivity contribution in [2.45, 2.75) is 58.3 Å². The molecular weight excluding hydrogens is 364 g/mol. The molecule has 0 atom stereocenters. The zero-order valence-electron chi connectivity index (χ0n) is 17.2. The molecule has 0 heterocycles. The molecule has 0 aliphatic heterocycles. The Labute approximate surface area is 173 Å². The number of unbranched alkanes of at least 4 members (excludes halogenated alkanes) is 7. The van der Waals surface area contributed by atoms with E-state index in [4.69, 9.17) is 0 Å². The number of rotatable bonds is 13. The molecule has 0 saturated carbocycles. The number of aromatic carboxylic acids is 1. The molecule has 0 aliphatic rings. The summed E-state index contributed by atoms with van der Waals surface area (Å²) in [7, 11) is 0. The Morgan fingerprint density at radius 3 is 1.97 bits per heavy atom. The maximum atomic E-state index is 12.7. The minimum absolute atomic E-state index is 0.0743. The summed E-state index contributed by atoms with van der Waals surface area (Å²) < 4.78 is 0. The second-order valence-electron chi connectivity index (χ2n) is 7.25. The van der Waals surface area contributed by atoms with Gasteiger partial charge < -0.3 is 15.7 Å². The van der Waals surface area contributed by atoms with Gasteiger partial charge in [-0.3, -0.25) is 4.79 Å². The SMILES string of the molecule is CCCCCCCCCCNc1ccccc1C(=O)Nc1ccccc1C(=O)O. The summed E-state index contributed by atoms with van der Waals surface area (Å²) in [4.78, 5) is 24.1. The monoisotopic (exact) mass is 396 g/mol. The van der Waals surface area contributed by atoms with Gasteiger partial charge in [-0.25, -0.2) is 4.79 Å². The van der Waals surface area contributed by atoms with Gasteiger partial charge in [-0.2, -0.15) is 0 Å². The molecule has 0 aliphatic carbocycles. The molecule has 0 aromatic heterocycles. The van der Waals surface area contributed by atoms with Crippen LogP contribution in [0.15, 0.2) is 48.5 Å². The van der Waals surface area contributed by atoms with Crippen LogP contribution in [0.2, 0.25) is 0 Å². The fourth-order valence-electron chi connectivity index (χ4n) is 3.29. The molecule has 0 unspecified atom stereocenters. The quantitative estimate of drug-likeness (QED) is 0.353. The van der Waals surface area contributed by atoms with Crippen LogP contribution in [0.4, 0.5) is 11.4 Å². The van der Waals surface area contributed by atoms with Crippen LogP contribution in [0.25, 0.3) is 0 Å². The molecule has 29 heavy (non-hydrogen) atoms. The van der Waals surface area contributed by atoms with Gasteiger partial charge in [-0.1, -0.05) is 76.1 Å². The van der Waals surface area contributed by atoms with Crippen molar-refractivity contribution < 1.29 is 14.7 Å². The van der Waals surface area contributed by atoms with Gasteiger partial charge in [0.25, 0.3) is 5.91 Å². The van der Waals surface area contributed by atoms with Gasteiger partial charge in [0.05, 0.1) is 16.8 Å². The highest BCUT2D eigenvalue weighted by molar-refractivity contribution is 6.10. The summed E-state index contributed by atoms with van der Waals surface area (Å²) in [5, 5.41) is 15.4. The van der Waals surface area contributed by atoms with Crippen LogP contribution < -0.4 is 10.6 Å². The third kappa shape index (κ3) is 7.60. The third-order valence-corrected chi connectivity index (χ3v) is 4.92. The van der Waals surface area contributed by atoms with E-state index in [0.717, 1.165) is 18.7 Å². The molecule has 5 nitrogen and oxygen atoms in total. The van der Waals surface area contributed by atoms with E-state index < -0.39 is 5.97 Å². The summed E-state index contributed by atoms with van der Waals surface area (Å²) in [6.07, 6.45) is 10.0. The van der Waals surface area contributed by atoms with E-state index in [1.165, 1.54) is 51.0 Å². The van der Waals surface area contributed by atoms with E-state index in [1.807, 2.05) is 12.1 Å². The van der Waals surface area contributed by atoms with Crippen LogP contribution in [-0.4, -0.2) is 23.5 Å². The van der Waals surface area contributed by atoms with Crippen LogP contribution in [0.1, 0.15) is 79.0 Å². The maximum absolute atomic E-state index is 12.7. The first-order valence-corrected chi connectivity index (χ1v) is 10.6. The number of amides is 1. The van der Waals surface area contributed by atoms with Crippen molar-refractivity contribution >= 4 is 23.3 Å². The number of carbonyl (C=O) groups excluding carboxylic acids is 1. The smallest absolute Gasteiger partial charge is 0.337 e. The lowest BCUT2D eigenvalue weighted by molar-refractivity contribution is 0.0698. The Bertz CT molecular complexity index is 789. The molecule has 0 fully saturated rings. The predicted octanol–water partition coefficient (Wildman–Crippen LogP) is 6.19. The number of hydrogen-bond donors (Lipinski definition) is 3. The van der Waals surface area contributed by atoms with Crippen molar-refractivity contribution in [1.29, 1.82) is 0 Å². The summed E-state index contributed by atoms with van der Waals surface area (Å²) in [5.41, 5.74) is 1.64. The van der Waals surface area contributed by atoms with Gasteiger partial charge >= 0.3 is 5.97 Å². The second-order valence-corrected chi connectivity index (χ2v) is 7.25. The Kier molecular flexibility index (Phi) is 9.76. The normalized spacial score (nSPS) is 10.5. The molecule has 156 valence electrons. The summed E-state index contributed by atoms with van der Waals surface area (Å²) in [6, 6.07) is 13.7. The number of carboxylic acids is 1. The predicted molar refractivity (Wildman–Crippen MR) is 119 cm³/mol. The lowest BCUT2D eigenvalue weighted by Gasteiger charge is -2.13. The number of benzene rings is 2. The third-order valence-electron chi connectivity index (χ3n) is 4.92. The van der Waals surface area contributed by atoms with Gasteiger partial charge in [-0.05, 0) is 30.7 Å². The van der Waals surface area contributed by atoms with Crippen LogP contribution in [-0.2, 0) is 0 Å². The number of nitrogens with one attached hydrogen (secondary N) is 2. The fourth-order valence-corrected chi connectivity index (χ4v) is 3.29. The van der Waals surface area contributed by atoms with E-state index >= 15 is 0 Å².